The van der Waals surface area contributed by atoms with Crippen molar-refractivity contribution >= 4 is 10.0 Å². The van der Waals surface area contributed by atoms with Crippen LogP contribution in [0.25, 0.3) is 0 Å². The van der Waals surface area contributed by atoms with Crippen molar-refractivity contribution in [3.8, 4) is 0 Å². The Morgan fingerprint density at radius 3 is 2.12 bits per heavy atom. The van der Waals surface area contributed by atoms with Crippen LogP contribution in [0.1, 0.15) is 92.3 Å². The zero-order valence-corrected chi connectivity index (χ0v) is 17.7. The van der Waals surface area contributed by atoms with Crippen molar-refractivity contribution < 1.29 is 8.42 Å². The van der Waals surface area contributed by atoms with Crippen LogP contribution in [-0.2, 0) is 15.4 Å². The molecule has 6 heteroatoms. The smallest absolute Gasteiger partial charge is 0.246 e. The predicted molar refractivity (Wildman–Crippen MR) is 102 cm³/mol. The Bertz CT molecular complexity index is 678. The Balaban J connectivity index is 2.56. The van der Waals surface area contributed by atoms with Gasteiger partial charge in [-0.15, -0.1) is 0 Å². The first-order valence-corrected chi connectivity index (χ1v) is 11.0. The van der Waals surface area contributed by atoms with Crippen LogP contribution in [0.3, 0.4) is 0 Å². The summed E-state index contributed by atoms with van der Waals surface area (Å²) in [5, 5.41) is 4.64. The van der Waals surface area contributed by atoms with Crippen LogP contribution in [-0.4, -0.2) is 34.6 Å². The molecule has 0 spiro atoms. The van der Waals surface area contributed by atoms with Crippen molar-refractivity contribution in [2.24, 2.45) is 0 Å². The van der Waals surface area contributed by atoms with E-state index in [0.29, 0.717) is 10.6 Å². The van der Waals surface area contributed by atoms with E-state index in [-0.39, 0.29) is 23.5 Å². The molecule has 0 saturated heterocycles. The molecule has 1 heterocycles. The number of nitrogens with zero attached hydrogens (tertiary/aromatic N) is 3. The summed E-state index contributed by atoms with van der Waals surface area (Å²) in [7, 11) is -3.58. The molecule has 0 amide bonds. The van der Waals surface area contributed by atoms with Gasteiger partial charge in [-0.3, -0.25) is 4.68 Å². The van der Waals surface area contributed by atoms with Gasteiger partial charge in [-0.05, 0) is 40.5 Å². The lowest BCUT2D eigenvalue weighted by atomic mass is 9.92. The molecule has 0 radical (unpaired) electrons. The summed E-state index contributed by atoms with van der Waals surface area (Å²) in [5.74, 6) is 0. The molecule has 144 valence electrons. The fourth-order valence-corrected chi connectivity index (χ4v) is 5.91. The van der Waals surface area contributed by atoms with Crippen molar-refractivity contribution in [3.63, 3.8) is 0 Å². The molecule has 1 aromatic rings. The van der Waals surface area contributed by atoms with Gasteiger partial charge in [0.15, 0.2) is 0 Å². The van der Waals surface area contributed by atoms with Gasteiger partial charge in [-0.2, -0.15) is 9.40 Å². The summed E-state index contributed by atoms with van der Waals surface area (Å²) >= 11 is 0. The zero-order chi connectivity index (χ0) is 19.0. The first-order valence-electron chi connectivity index (χ1n) is 9.59. The van der Waals surface area contributed by atoms with Gasteiger partial charge >= 0.3 is 0 Å². The normalized spacial score (nSPS) is 17.8. The number of aromatic nitrogens is 2. The van der Waals surface area contributed by atoms with Crippen molar-refractivity contribution in [3.05, 3.63) is 11.9 Å². The van der Waals surface area contributed by atoms with Crippen LogP contribution >= 0.6 is 0 Å². The molecule has 0 N–H and O–H groups in total. The van der Waals surface area contributed by atoms with E-state index in [9.17, 15) is 8.42 Å². The second kappa shape index (κ2) is 7.39. The average Bonchev–Trinajstić information content (AvgIpc) is 2.94. The molecule has 1 saturated carbocycles. The lowest BCUT2D eigenvalue weighted by Crippen LogP contribution is -2.46. The van der Waals surface area contributed by atoms with E-state index >= 15 is 0 Å². The van der Waals surface area contributed by atoms with E-state index in [0.717, 1.165) is 25.7 Å². The van der Waals surface area contributed by atoms with Crippen LogP contribution < -0.4 is 0 Å². The summed E-state index contributed by atoms with van der Waals surface area (Å²) in [4.78, 5) is 0.382. The molecule has 1 aliphatic rings. The van der Waals surface area contributed by atoms with E-state index in [2.05, 4.69) is 5.10 Å². The second-order valence-electron chi connectivity index (χ2n) is 8.89. The maximum Gasteiger partial charge on any atom is 0.246 e. The summed E-state index contributed by atoms with van der Waals surface area (Å²) in [6.07, 6.45) is 7.09. The predicted octanol–water partition coefficient (Wildman–Crippen LogP) is 4.49. The molecular weight excluding hydrogens is 334 g/mol. The summed E-state index contributed by atoms with van der Waals surface area (Å²) in [6, 6.07) is 0.185. The SMILES string of the molecule is CC(C)N(C1CCCCC1)S(=O)(=O)c1cn(C(C)C)nc1C(C)(C)C. The summed E-state index contributed by atoms with van der Waals surface area (Å²) < 4.78 is 30.8. The molecule has 1 fully saturated rings. The lowest BCUT2D eigenvalue weighted by molar-refractivity contribution is 0.219. The van der Waals surface area contributed by atoms with E-state index in [1.807, 2.05) is 48.5 Å². The van der Waals surface area contributed by atoms with E-state index in [4.69, 9.17) is 0 Å². The molecule has 1 aliphatic carbocycles. The van der Waals surface area contributed by atoms with E-state index in [1.165, 1.54) is 6.42 Å². The van der Waals surface area contributed by atoms with Gasteiger partial charge in [0, 0.05) is 29.7 Å². The molecule has 25 heavy (non-hydrogen) atoms. The summed E-state index contributed by atoms with van der Waals surface area (Å²) in [5.41, 5.74) is 0.347. The minimum Gasteiger partial charge on any atom is -0.269 e. The number of hydrogen-bond donors (Lipinski definition) is 0. The van der Waals surface area contributed by atoms with Gasteiger partial charge < -0.3 is 0 Å². The number of sulfonamides is 1. The van der Waals surface area contributed by atoms with Crippen LogP contribution in [0.5, 0.6) is 0 Å². The monoisotopic (exact) mass is 369 g/mol. The van der Waals surface area contributed by atoms with E-state index < -0.39 is 10.0 Å². The minimum absolute atomic E-state index is 0.0525. The number of rotatable bonds is 5. The minimum atomic E-state index is -3.58. The number of hydrogen-bond acceptors (Lipinski definition) is 3. The molecule has 0 atom stereocenters. The standard InChI is InChI=1S/C19H35N3O2S/c1-14(2)21-13-17(18(20-21)19(5,6)7)25(23,24)22(15(3)4)16-11-9-8-10-12-16/h13-16H,8-12H2,1-7H3. The highest BCUT2D eigenvalue weighted by atomic mass is 32.2. The molecule has 1 aromatic heterocycles. The van der Waals surface area contributed by atoms with Crippen molar-refractivity contribution in [1.29, 1.82) is 0 Å². The fraction of sp³-hybridized carbons (Fsp3) is 0.842. The lowest BCUT2D eigenvalue weighted by Gasteiger charge is -2.36. The highest BCUT2D eigenvalue weighted by Gasteiger charge is 2.39. The van der Waals surface area contributed by atoms with Gasteiger partial charge in [0.05, 0.1) is 5.69 Å². The Morgan fingerprint density at radius 2 is 1.68 bits per heavy atom. The Kier molecular flexibility index (Phi) is 6.04. The zero-order valence-electron chi connectivity index (χ0n) is 16.9. The Labute approximate surface area is 153 Å². The third-order valence-corrected chi connectivity index (χ3v) is 7.07. The maximum atomic E-state index is 13.6. The van der Waals surface area contributed by atoms with Crippen LogP contribution in [0.15, 0.2) is 11.1 Å². The molecule has 0 bridgehead atoms. The van der Waals surface area contributed by atoms with Crippen molar-refractivity contribution in [1.82, 2.24) is 14.1 Å². The van der Waals surface area contributed by atoms with Crippen molar-refractivity contribution in [2.45, 2.75) is 109 Å². The third kappa shape index (κ3) is 4.27. The van der Waals surface area contributed by atoms with Gasteiger partial charge in [0.2, 0.25) is 10.0 Å². The van der Waals surface area contributed by atoms with Crippen molar-refractivity contribution in [2.75, 3.05) is 0 Å². The van der Waals surface area contributed by atoms with Crippen LogP contribution in [0.4, 0.5) is 0 Å². The van der Waals surface area contributed by atoms with Crippen LogP contribution in [0.2, 0.25) is 0 Å². The van der Waals surface area contributed by atoms with Crippen LogP contribution in [0, 0.1) is 0 Å². The highest BCUT2D eigenvalue weighted by molar-refractivity contribution is 7.89. The molecule has 0 aromatic carbocycles. The highest BCUT2D eigenvalue weighted by Crippen LogP contribution is 2.34. The first-order chi connectivity index (χ1) is 11.5. The average molecular weight is 370 g/mol. The summed E-state index contributed by atoms with van der Waals surface area (Å²) in [6.45, 7) is 14.1. The Morgan fingerprint density at radius 1 is 1.12 bits per heavy atom. The third-order valence-electron chi connectivity index (χ3n) is 4.94. The fourth-order valence-electron chi connectivity index (χ4n) is 3.69. The van der Waals surface area contributed by atoms with Gasteiger partial charge in [-0.1, -0.05) is 40.0 Å². The molecule has 0 unspecified atom stereocenters. The topological polar surface area (TPSA) is 55.2 Å². The molecular formula is C19H35N3O2S. The first kappa shape index (κ1) is 20.4. The molecule has 0 aliphatic heterocycles. The maximum absolute atomic E-state index is 13.6. The second-order valence-corrected chi connectivity index (χ2v) is 10.7. The largest absolute Gasteiger partial charge is 0.269 e. The van der Waals surface area contributed by atoms with Gasteiger partial charge in [0.25, 0.3) is 0 Å². The molecule has 2 rings (SSSR count). The van der Waals surface area contributed by atoms with Gasteiger partial charge in [-0.25, -0.2) is 8.42 Å². The molecule has 5 nitrogen and oxygen atoms in total. The quantitative estimate of drug-likeness (QED) is 0.768. The Hall–Kier alpha value is -0.880. The van der Waals surface area contributed by atoms with Gasteiger partial charge in [0.1, 0.15) is 4.90 Å². The van der Waals surface area contributed by atoms with E-state index in [1.54, 1.807) is 15.2 Å².